The fourth-order valence-electron chi connectivity index (χ4n) is 1.30. The summed E-state index contributed by atoms with van der Waals surface area (Å²) in [4.78, 5) is 0. The topological polar surface area (TPSA) is 23.8 Å². The van der Waals surface area contributed by atoms with Gasteiger partial charge < -0.3 is 0 Å². The summed E-state index contributed by atoms with van der Waals surface area (Å²) in [5.41, 5.74) is 0.605. The number of hydrogen-bond donors (Lipinski definition) is 0. The molecule has 0 atom stereocenters. The average Bonchev–Trinajstić information content (AvgIpc) is 2.19. The lowest BCUT2D eigenvalue weighted by molar-refractivity contribution is 1.50. The van der Waals surface area contributed by atoms with Crippen molar-refractivity contribution in [3.8, 4) is 6.07 Å². The van der Waals surface area contributed by atoms with Crippen LogP contribution in [0, 0.1) is 21.0 Å². The summed E-state index contributed by atoms with van der Waals surface area (Å²) < 4.78 is 2.16. The fraction of sp³-hybridized carbons (Fsp3) is 0. The molecule has 0 amide bonds. The van der Waals surface area contributed by atoms with Gasteiger partial charge in [0, 0.05) is 19.5 Å². The second kappa shape index (κ2) is 3.87. The molecule has 0 aliphatic rings. The quantitative estimate of drug-likeness (QED) is 0.657. The maximum atomic E-state index is 8.90. The van der Waals surface area contributed by atoms with E-state index in [9.17, 15) is 0 Å². The molecule has 0 unspecified atom stereocenters. The number of nitriles is 1. The Morgan fingerprint density at radius 2 is 2.21 bits per heavy atom. The van der Waals surface area contributed by atoms with E-state index in [1.54, 1.807) is 6.07 Å². The zero-order valence-corrected chi connectivity index (χ0v) is 10.8. The van der Waals surface area contributed by atoms with Gasteiger partial charge in [-0.2, -0.15) is 5.26 Å². The van der Waals surface area contributed by atoms with Crippen molar-refractivity contribution in [2.75, 3.05) is 0 Å². The molecule has 0 aliphatic heterocycles. The predicted octanol–water partition coefficient (Wildman–Crippen LogP) is 3.88. The summed E-state index contributed by atoms with van der Waals surface area (Å²) in [7, 11) is 0. The molecule has 0 fully saturated rings. The van der Waals surface area contributed by atoms with Crippen LogP contribution in [-0.4, -0.2) is 0 Å². The highest BCUT2D eigenvalue weighted by atomic mass is 127. The number of rotatable bonds is 0. The standard InChI is InChI=1S/C11H4BrIN/c12-10-4-7-2-1-3-8(6-14)9(7)5-11(10)13/h1-2,4-5H. The Balaban J connectivity index is 2.90. The lowest BCUT2D eigenvalue weighted by atomic mass is 10.1. The van der Waals surface area contributed by atoms with Crippen molar-refractivity contribution in [2.45, 2.75) is 0 Å². The van der Waals surface area contributed by atoms with E-state index in [4.69, 9.17) is 5.26 Å². The molecule has 0 spiro atoms. The Morgan fingerprint density at radius 1 is 1.43 bits per heavy atom. The SMILES string of the molecule is N#Cc1[c]ccc2cc(Br)c(I)cc12. The lowest BCUT2D eigenvalue weighted by Gasteiger charge is -2.02. The van der Waals surface area contributed by atoms with Crippen molar-refractivity contribution in [3.63, 3.8) is 0 Å². The third-order valence-corrected chi connectivity index (χ3v) is 4.25. The van der Waals surface area contributed by atoms with Crippen LogP contribution in [-0.2, 0) is 0 Å². The molecule has 14 heavy (non-hydrogen) atoms. The van der Waals surface area contributed by atoms with Crippen molar-refractivity contribution >= 4 is 49.3 Å². The van der Waals surface area contributed by atoms with Gasteiger partial charge in [0.05, 0.1) is 5.56 Å². The maximum Gasteiger partial charge on any atom is 0.100 e. The largest absolute Gasteiger partial charge is 0.192 e. The van der Waals surface area contributed by atoms with Crippen LogP contribution in [0.4, 0.5) is 0 Å². The number of nitrogens with zero attached hydrogens (tertiary/aromatic N) is 1. The molecule has 2 aromatic rings. The molecular weight excluding hydrogens is 353 g/mol. The molecule has 0 bridgehead atoms. The zero-order chi connectivity index (χ0) is 10.1. The predicted molar refractivity (Wildman–Crippen MR) is 67.9 cm³/mol. The van der Waals surface area contributed by atoms with Crippen LogP contribution in [0.25, 0.3) is 10.8 Å². The Morgan fingerprint density at radius 3 is 2.93 bits per heavy atom. The summed E-state index contributed by atoms with van der Waals surface area (Å²) in [6, 6.07) is 12.8. The minimum Gasteiger partial charge on any atom is -0.192 e. The highest BCUT2D eigenvalue weighted by Gasteiger charge is 2.03. The van der Waals surface area contributed by atoms with Crippen molar-refractivity contribution in [3.05, 3.63) is 43.9 Å². The fourth-order valence-corrected chi connectivity index (χ4v) is 2.13. The molecular formula is C11H4BrIN. The first-order valence-electron chi connectivity index (χ1n) is 3.92. The summed E-state index contributed by atoms with van der Waals surface area (Å²) in [6.07, 6.45) is 0. The molecule has 2 aromatic carbocycles. The highest BCUT2D eigenvalue weighted by molar-refractivity contribution is 14.1. The minimum absolute atomic E-state index is 0.605. The van der Waals surface area contributed by atoms with Crippen LogP contribution in [0.15, 0.2) is 28.7 Å². The van der Waals surface area contributed by atoms with Gasteiger partial charge in [-0.3, -0.25) is 0 Å². The molecule has 1 nitrogen and oxygen atoms in total. The first-order valence-corrected chi connectivity index (χ1v) is 5.79. The number of benzene rings is 2. The molecule has 0 N–H and O–H groups in total. The number of hydrogen-bond acceptors (Lipinski definition) is 1. The Hall–Kier alpha value is -0.600. The first-order chi connectivity index (χ1) is 6.72. The van der Waals surface area contributed by atoms with E-state index >= 15 is 0 Å². The van der Waals surface area contributed by atoms with Gasteiger partial charge in [-0.05, 0) is 56.0 Å². The maximum absolute atomic E-state index is 8.90. The van der Waals surface area contributed by atoms with Crippen molar-refractivity contribution in [1.29, 1.82) is 5.26 Å². The molecule has 0 saturated carbocycles. The van der Waals surface area contributed by atoms with E-state index < -0.39 is 0 Å². The second-order valence-corrected chi connectivity index (χ2v) is 4.83. The van der Waals surface area contributed by atoms with Gasteiger partial charge in [-0.25, -0.2) is 0 Å². The summed E-state index contributed by atoms with van der Waals surface area (Å²) in [5, 5.41) is 10.9. The molecule has 0 saturated heterocycles. The van der Waals surface area contributed by atoms with Gasteiger partial charge in [0.1, 0.15) is 6.07 Å². The molecule has 3 heteroatoms. The molecule has 2 rings (SSSR count). The van der Waals surface area contributed by atoms with Crippen LogP contribution in [0.2, 0.25) is 0 Å². The monoisotopic (exact) mass is 356 g/mol. The van der Waals surface area contributed by atoms with Crippen LogP contribution in [0.5, 0.6) is 0 Å². The van der Waals surface area contributed by atoms with Gasteiger partial charge in [-0.1, -0.05) is 12.1 Å². The summed E-state index contributed by atoms with van der Waals surface area (Å²) in [5.74, 6) is 0. The van der Waals surface area contributed by atoms with Gasteiger partial charge in [0.25, 0.3) is 0 Å². The molecule has 0 heterocycles. The van der Waals surface area contributed by atoms with E-state index in [0.717, 1.165) is 18.8 Å². The molecule has 0 aliphatic carbocycles. The van der Waals surface area contributed by atoms with E-state index in [1.807, 2.05) is 18.2 Å². The van der Waals surface area contributed by atoms with E-state index in [1.165, 1.54) is 0 Å². The summed E-state index contributed by atoms with van der Waals surface area (Å²) in [6.45, 7) is 0. The lowest BCUT2D eigenvalue weighted by Crippen LogP contribution is -1.82. The first kappa shape index (κ1) is 9.94. The number of fused-ring (bicyclic) bond motifs is 1. The third kappa shape index (κ3) is 1.64. The van der Waals surface area contributed by atoms with Crippen LogP contribution >= 0.6 is 38.5 Å². The smallest absolute Gasteiger partial charge is 0.100 e. The summed E-state index contributed by atoms with van der Waals surface area (Å²) >= 11 is 5.70. The van der Waals surface area contributed by atoms with Gasteiger partial charge in [0.15, 0.2) is 0 Å². The molecule has 0 aromatic heterocycles. The van der Waals surface area contributed by atoms with Crippen LogP contribution < -0.4 is 0 Å². The third-order valence-electron chi connectivity index (χ3n) is 1.96. The zero-order valence-electron chi connectivity index (χ0n) is 7.01. The van der Waals surface area contributed by atoms with Crippen molar-refractivity contribution in [2.24, 2.45) is 0 Å². The van der Waals surface area contributed by atoms with E-state index in [-0.39, 0.29) is 0 Å². The molecule has 67 valence electrons. The Kier molecular flexibility index (Phi) is 2.75. The van der Waals surface area contributed by atoms with Crippen molar-refractivity contribution < 1.29 is 0 Å². The van der Waals surface area contributed by atoms with E-state index in [0.29, 0.717) is 5.56 Å². The minimum atomic E-state index is 0.605. The second-order valence-electron chi connectivity index (χ2n) is 2.82. The number of halogens is 2. The van der Waals surface area contributed by atoms with Crippen molar-refractivity contribution in [1.82, 2.24) is 0 Å². The average molecular weight is 357 g/mol. The Labute approximate surface area is 104 Å². The van der Waals surface area contributed by atoms with Gasteiger partial charge >= 0.3 is 0 Å². The van der Waals surface area contributed by atoms with Crippen LogP contribution in [0.3, 0.4) is 0 Å². The molecule has 1 radical (unpaired) electrons. The van der Waals surface area contributed by atoms with E-state index in [2.05, 4.69) is 50.7 Å². The van der Waals surface area contributed by atoms with Gasteiger partial charge in [0.2, 0.25) is 0 Å². The van der Waals surface area contributed by atoms with Gasteiger partial charge in [-0.15, -0.1) is 0 Å². The highest BCUT2D eigenvalue weighted by Crippen LogP contribution is 2.27. The van der Waals surface area contributed by atoms with Crippen LogP contribution in [0.1, 0.15) is 5.56 Å². The Bertz CT molecular complexity index is 543. The normalized spacial score (nSPS) is 10.1.